The summed E-state index contributed by atoms with van der Waals surface area (Å²) in [5.74, 6) is -1.88. The Labute approximate surface area is 118 Å². The first-order valence-electron chi connectivity index (χ1n) is 7.51. The van der Waals surface area contributed by atoms with E-state index in [0.29, 0.717) is 12.5 Å². The highest BCUT2D eigenvalue weighted by Crippen LogP contribution is 2.39. The zero-order chi connectivity index (χ0) is 14.1. The molecule has 5 nitrogen and oxygen atoms in total. The van der Waals surface area contributed by atoms with Crippen molar-refractivity contribution in [3.8, 4) is 0 Å². The van der Waals surface area contributed by atoms with E-state index in [1.165, 1.54) is 19.3 Å². The highest BCUT2D eigenvalue weighted by atomic mass is 16.5. The predicted molar refractivity (Wildman–Crippen MR) is 72.0 cm³/mol. The Morgan fingerprint density at radius 1 is 1.10 bits per heavy atom. The minimum Gasteiger partial charge on any atom is -0.481 e. The Hall–Kier alpha value is -1.36. The van der Waals surface area contributed by atoms with Gasteiger partial charge in [0, 0.05) is 6.54 Å². The van der Waals surface area contributed by atoms with Crippen LogP contribution < -0.4 is 5.32 Å². The second kappa shape index (κ2) is 5.56. The molecule has 4 atom stereocenters. The number of carbonyl (C=O) groups excluding carboxylic acids is 1. The van der Waals surface area contributed by atoms with Gasteiger partial charge in [-0.05, 0) is 18.8 Å². The number of carbonyl (C=O) groups is 2. The summed E-state index contributed by atoms with van der Waals surface area (Å²) < 4.78 is 5.52. The summed E-state index contributed by atoms with van der Waals surface area (Å²) >= 11 is 0. The molecule has 1 saturated heterocycles. The van der Waals surface area contributed by atoms with Crippen LogP contribution in [-0.2, 0) is 14.3 Å². The minimum absolute atomic E-state index is 0.167. The van der Waals surface area contributed by atoms with Crippen LogP contribution in [0.4, 0.5) is 0 Å². The van der Waals surface area contributed by atoms with Crippen molar-refractivity contribution in [2.45, 2.75) is 44.3 Å². The maximum Gasteiger partial charge on any atom is 0.310 e. The number of hydrogen-bond donors (Lipinski definition) is 2. The Bertz CT molecular complexity index is 428. The Morgan fingerprint density at radius 3 is 2.40 bits per heavy atom. The average Bonchev–Trinajstić information content (AvgIpc) is 3.06. The lowest BCUT2D eigenvalue weighted by molar-refractivity contribution is -0.146. The monoisotopic (exact) mass is 279 g/mol. The van der Waals surface area contributed by atoms with E-state index in [0.717, 1.165) is 12.8 Å². The van der Waals surface area contributed by atoms with E-state index < -0.39 is 23.9 Å². The van der Waals surface area contributed by atoms with Crippen LogP contribution in [0.2, 0.25) is 0 Å². The number of fused-ring (bicyclic) bond motifs is 2. The molecule has 0 aromatic rings. The SMILES string of the molecule is O=C(O)[C@@H]1[C@H](C(=O)NCC2CCCCC2)[C@H]2C=C[C@@H]1O2. The van der Waals surface area contributed by atoms with E-state index in [2.05, 4.69) is 5.32 Å². The molecule has 110 valence electrons. The van der Waals surface area contributed by atoms with Crippen LogP contribution in [0, 0.1) is 17.8 Å². The van der Waals surface area contributed by atoms with E-state index >= 15 is 0 Å². The van der Waals surface area contributed by atoms with Crippen LogP contribution in [0.25, 0.3) is 0 Å². The summed E-state index contributed by atoms with van der Waals surface area (Å²) in [6, 6.07) is 0. The molecule has 1 amide bonds. The summed E-state index contributed by atoms with van der Waals surface area (Å²) in [5, 5.41) is 12.2. The fourth-order valence-electron chi connectivity index (χ4n) is 3.67. The van der Waals surface area contributed by atoms with Gasteiger partial charge >= 0.3 is 5.97 Å². The van der Waals surface area contributed by atoms with E-state index in [9.17, 15) is 14.7 Å². The van der Waals surface area contributed by atoms with Crippen LogP contribution in [-0.4, -0.2) is 35.7 Å². The lowest BCUT2D eigenvalue weighted by atomic mass is 9.82. The molecule has 0 aromatic heterocycles. The molecule has 20 heavy (non-hydrogen) atoms. The summed E-state index contributed by atoms with van der Waals surface area (Å²) in [6.07, 6.45) is 8.84. The summed E-state index contributed by atoms with van der Waals surface area (Å²) in [5.41, 5.74) is 0. The molecule has 1 aliphatic carbocycles. The molecule has 1 saturated carbocycles. The molecule has 2 N–H and O–H groups in total. The van der Waals surface area contributed by atoms with Gasteiger partial charge in [0.25, 0.3) is 0 Å². The molecule has 0 aromatic carbocycles. The van der Waals surface area contributed by atoms with Gasteiger partial charge < -0.3 is 15.2 Å². The standard InChI is InChI=1S/C15H21NO4/c17-14(16-8-9-4-2-1-3-5-9)12-10-6-7-11(20-10)13(12)15(18)19/h6-7,9-13H,1-5,8H2,(H,16,17)(H,18,19)/t10-,11+,12-,13+/m1/s1. The zero-order valence-electron chi connectivity index (χ0n) is 11.5. The maximum absolute atomic E-state index is 12.3. The van der Waals surface area contributed by atoms with Crippen LogP contribution in [0.3, 0.4) is 0 Å². The number of amides is 1. The summed E-state index contributed by atoms with van der Waals surface area (Å²) in [4.78, 5) is 23.6. The van der Waals surface area contributed by atoms with Gasteiger partial charge in [0.2, 0.25) is 5.91 Å². The Balaban J connectivity index is 1.58. The molecule has 2 fully saturated rings. The van der Waals surface area contributed by atoms with Crippen LogP contribution >= 0.6 is 0 Å². The van der Waals surface area contributed by atoms with E-state index in [1.54, 1.807) is 6.08 Å². The molecule has 0 unspecified atom stereocenters. The molecule has 2 aliphatic heterocycles. The van der Waals surface area contributed by atoms with Crippen molar-refractivity contribution in [3.05, 3.63) is 12.2 Å². The highest BCUT2D eigenvalue weighted by molar-refractivity contribution is 5.87. The minimum atomic E-state index is -0.945. The van der Waals surface area contributed by atoms with Gasteiger partial charge in [0.05, 0.1) is 18.1 Å². The fourth-order valence-corrected chi connectivity index (χ4v) is 3.67. The smallest absolute Gasteiger partial charge is 0.310 e. The maximum atomic E-state index is 12.3. The number of aliphatic carboxylic acids is 1. The number of rotatable bonds is 4. The van der Waals surface area contributed by atoms with Crippen molar-refractivity contribution < 1.29 is 19.4 Å². The van der Waals surface area contributed by atoms with Crippen molar-refractivity contribution >= 4 is 11.9 Å². The second-order valence-electron chi connectivity index (χ2n) is 6.09. The molecular formula is C15H21NO4. The van der Waals surface area contributed by atoms with Gasteiger partial charge in [-0.3, -0.25) is 9.59 Å². The normalized spacial score (nSPS) is 36.2. The number of carboxylic acids is 1. The molecule has 2 bridgehead atoms. The zero-order valence-corrected chi connectivity index (χ0v) is 11.5. The van der Waals surface area contributed by atoms with E-state index in [1.807, 2.05) is 6.08 Å². The largest absolute Gasteiger partial charge is 0.481 e. The third-order valence-corrected chi connectivity index (χ3v) is 4.78. The lowest BCUT2D eigenvalue weighted by Gasteiger charge is -2.25. The number of hydrogen-bond acceptors (Lipinski definition) is 3. The second-order valence-corrected chi connectivity index (χ2v) is 6.09. The number of carboxylic acid groups (broad SMARTS) is 1. The van der Waals surface area contributed by atoms with Gasteiger partial charge in [-0.25, -0.2) is 0 Å². The van der Waals surface area contributed by atoms with E-state index in [-0.39, 0.29) is 12.0 Å². The van der Waals surface area contributed by atoms with Gasteiger partial charge in [-0.2, -0.15) is 0 Å². The van der Waals surface area contributed by atoms with Crippen molar-refractivity contribution in [1.29, 1.82) is 0 Å². The highest BCUT2D eigenvalue weighted by Gasteiger charge is 2.53. The first-order chi connectivity index (χ1) is 9.66. The Morgan fingerprint density at radius 2 is 1.75 bits per heavy atom. The molecule has 0 radical (unpaired) electrons. The van der Waals surface area contributed by atoms with Crippen LogP contribution in [0.15, 0.2) is 12.2 Å². The quantitative estimate of drug-likeness (QED) is 0.761. The van der Waals surface area contributed by atoms with Crippen LogP contribution in [0.1, 0.15) is 32.1 Å². The molecule has 0 spiro atoms. The van der Waals surface area contributed by atoms with Gasteiger partial charge in [-0.1, -0.05) is 31.4 Å². The summed E-state index contributed by atoms with van der Waals surface area (Å²) in [6.45, 7) is 0.669. The van der Waals surface area contributed by atoms with E-state index in [4.69, 9.17) is 4.74 Å². The number of ether oxygens (including phenoxy) is 1. The first kappa shape index (κ1) is 13.6. The molecule has 2 heterocycles. The molecule has 5 heteroatoms. The predicted octanol–water partition coefficient (Wildman–Crippen LogP) is 1.34. The van der Waals surface area contributed by atoms with Gasteiger partial charge in [-0.15, -0.1) is 0 Å². The topological polar surface area (TPSA) is 75.6 Å². The lowest BCUT2D eigenvalue weighted by Crippen LogP contribution is -2.43. The fraction of sp³-hybridized carbons (Fsp3) is 0.733. The van der Waals surface area contributed by atoms with Crippen molar-refractivity contribution in [2.24, 2.45) is 17.8 Å². The third-order valence-electron chi connectivity index (χ3n) is 4.78. The van der Waals surface area contributed by atoms with Crippen molar-refractivity contribution in [1.82, 2.24) is 5.32 Å². The molecule has 3 aliphatic rings. The molecule has 3 rings (SSSR count). The third kappa shape index (κ3) is 2.46. The first-order valence-corrected chi connectivity index (χ1v) is 7.51. The summed E-state index contributed by atoms with van der Waals surface area (Å²) in [7, 11) is 0. The van der Waals surface area contributed by atoms with Crippen LogP contribution in [0.5, 0.6) is 0 Å². The molecular weight excluding hydrogens is 258 g/mol. The Kier molecular flexibility index (Phi) is 3.78. The average molecular weight is 279 g/mol. The van der Waals surface area contributed by atoms with Crippen molar-refractivity contribution in [2.75, 3.05) is 6.54 Å². The van der Waals surface area contributed by atoms with Gasteiger partial charge in [0.15, 0.2) is 0 Å². The van der Waals surface area contributed by atoms with Crippen molar-refractivity contribution in [3.63, 3.8) is 0 Å². The van der Waals surface area contributed by atoms with Gasteiger partial charge in [0.1, 0.15) is 5.92 Å². The number of nitrogens with one attached hydrogen (secondary N) is 1.